The summed E-state index contributed by atoms with van der Waals surface area (Å²) >= 11 is 0. The van der Waals surface area contributed by atoms with Crippen LogP contribution >= 0.6 is 0 Å². The Kier molecular flexibility index (Phi) is 5.40. The van der Waals surface area contributed by atoms with E-state index in [4.69, 9.17) is 0 Å². The van der Waals surface area contributed by atoms with Crippen molar-refractivity contribution >= 4 is 23.6 Å². The van der Waals surface area contributed by atoms with E-state index < -0.39 is 17.9 Å². The van der Waals surface area contributed by atoms with Gasteiger partial charge in [0.2, 0.25) is 0 Å². The predicted molar refractivity (Wildman–Crippen MR) is 81.9 cm³/mol. The Morgan fingerprint density at radius 2 is 2.00 bits per heavy atom. The van der Waals surface area contributed by atoms with Crippen LogP contribution in [-0.2, 0) is 19.1 Å². The Balaban J connectivity index is 2.48. The minimum Gasteiger partial charge on any atom is -0.478 e. The lowest BCUT2D eigenvalue weighted by molar-refractivity contribution is -0.138. The second kappa shape index (κ2) is 7.68. The number of tetrazole rings is 1. The van der Waals surface area contributed by atoms with Gasteiger partial charge in [0.05, 0.1) is 37.2 Å². The van der Waals surface area contributed by atoms with Gasteiger partial charge in [0.15, 0.2) is 0 Å². The maximum Gasteiger partial charge on any atom is 0.354 e. The molecule has 0 amide bonds. The van der Waals surface area contributed by atoms with Gasteiger partial charge in [-0.1, -0.05) is 0 Å². The molecule has 0 aliphatic carbocycles. The maximum atomic E-state index is 11.8. The predicted octanol–water partition coefficient (Wildman–Crippen LogP) is 0.00230. The van der Waals surface area contributed by atoms with Crippen LogP contribution in [0.1, 0.15) is 10.4 Å². The molecule has 0 aliphatic rings. The summed E-state index contributed by atoms with van der Waals surface area (Å²) in [5.41, 5.74) is 0.0167. The van der Waals surface area contributed by atoms with Crippen molar-refractivity contribution in [3.63, 3.8) is 0 Å². The van der Waals surface area contributed by atoms with Gasteiger partial charge in [-0.15, -0.1) is 5.10 Å². The largest absolute Gasteiger partial charge is 0.478 e. The highest BCUT2D eigenvalue weighted by molar-refractivity contribution is 6.01. The number of hydrogen-bond donors (Lipinski definition) is 2. The smallest absolute Gasteiger partial charge is 0.354 e. The highest BCUT2D eigenvalue weighted by atomic mass is 16.5. The number of carbonyl (C=O) groups is 3. The van der Waals surface area contributed by atoms with Crippen molar-refractivity contribution in [2.24, 2.45) is 0 Å². The summed E-state index contributed by atoms with van der Waals surface area (Å²) in [4.78, 5) is 34.6. The van der Waals surface area contributed by atoms with Crippen molar-refractivity contribution in [3.8, 4) is 5.69 Å². The fraction of sp³-hybridized carbons (Fsp3) is 0.143. The van der Waals surface area contributed by atoms with Gasteiger partial charge in [-0.2, -0.15) is 0 Å². The van der Waals surface area contributed by atoms with E-state index in [0.717, 1.165) is 20.3 Å². The summed E-state index contributed by atoms with van der Waals surface area (Å²) in [6.45, 7) is 0. The maximum absolute atomic E-state index is 11.8. The molecular formula is C14H13N5O6. The molecule has 130 valence electrons. The first-order valence-electron chi connectivity index (χ1n) is 6.72. The molecule has 0 fully saturated rings. The number of anilines is 1. The number of hydrogen-bond acceptors (Lipinski definition) is 9. The fourth-order valence-corrected chi connectivity index (χ4v) is 1.82. The van der Waals surface area contributed by atoms with E-state index in [1.165, 1.54) is 29.2 Å². The molecule has 0 atom stereocenters. The van der Waals surface area contributed by atoms with E-state index in [1.807, 2.05) is 0 Å². The van der Waals surface area contributed by atoms with E-state index in [9.17, 15) is 19.5 Å². The molecule has 0 saturated heterocycles. The molecule has 2 N–H and O–H groups in total. The molecule has 11 heteroatoms. The Labute approximate surface area is 140 Å². The second-order valence-electron chi connectivity index (χ2n) is 4.49. The van der Waals surface area contributed by atoms with E-state index >= 15 is 0 Å². The number of nitrogens with one attached hydrogen (secondary N) is 1. The van der Waals surface area contributed by atoms with Crippen LogP contribution in [0, 0.1) is 0 Å². The number of methoxy groups -OCH3 is 2. The van der Waals surface area contributed by atoms with E-state index in [0.29, 0.717) is 5.69 Å². The van der Waals surface area contributed by atoms with Crippen LogP contribution in [0.2, 0.25) is 0 Å². The molecule has 2 rings (SSSR count). The fourth-order valence-electron chi connectivity index (χ4n) is 1.82. The molecular weight excluding hydrogens is 334 g/mol. The van der Waals surface area contributed by atoms with E-state index in [1.54, 1.807) is 0 Å². The number of ether oxygens (including phenoxy) is 2. The minimum atomic E-state index is -1.24. The number of esters is 2. The van der Waals surface area contributed by atoms with Gasteiger partial charge < -0.3 is 19.9 Å². The number of benzene rings is 1. The van der Waals surface area contributed by atoms with Crippen molar-refractivity contribution in [2.75, 3.05) is 19.5 Å². The summed E-state index contributed by atoms with van der Waals surface area (Å²) < 4.78 is 10.3. The highest BCUT2D eigenvalue weighted by Crippen LogP contribution is 2.22. The van der Waals surface area contributed by atoms with E-state index in [2.05, 4.69) is 30.3 Å². The van der Waals surface area contributed by atoms with Crippen LogP contribution in [-0.4, -0.2) is 57.4 Å². The molecule has 11 nitrogen and oxygen atoms in total. The third kappa shape index (κ3) is 4.16. The summed E-state index contributed by atoms with van der Waals surface area (Å²) in [5, 5.41) is 22.5. The number of rotatable bonds is 6. The molecule has 0 aliphatic heterocycles. The number of aromatic carboxylic acids is 1. The van der Waals surface area contributed by atoms with Crippen molar-refractivity contribution in [3.05, 3.63) is 41.9 Å². The normalized spacial score (nSPS) is 10.9. The summed E-state index contributed by atoms with van der Waals surface area (Å²) in [7, 11) is 2.25. The first-order chi connectivity index (χ1) is 12.0. The van der Waals surface area contributed by atoms with Crippen LogP contribution in [0.4, 0.5) is 5.69 Å². The van der Waals surface area contributed by atoms with E-state index in [-0.39, 0.29) is 16.9 Å². The van der Waals surface area contributed by atoms with Gasteiger partial charge in [-0.05, 0) is 28.6 Å². The lowest BCUT2D eigenvalue weighted by atomic mass is 10.1. The van der Waals surface area contributed by atoms with Gasteiger partial charge in [0.25, 0.3) is 0 Å². The molecule has 0 saturated carbocycles. The van der Waals surface area contributed by atoms with Crippen molar-refractivity contribution in [2.45, 2.75) is 0 Å². The number of nitrogens with zero attached hydrogens (tertiary/aromatic N) is 4. The van der Waals surface area contributed by atoms with Crippen LogP contribution < -0.4 is 5.32 Å². The van der Waals surface area contributed by atoms with Crippen molar-refractivity contribution < 1.29 is 29.0 Å². The van der Waals surface area contributed by atoms with Gasteiger partial charge in [-0.3, -0.25) is 0 Å². The Bertz CT molecular complexity index is 830. The zero-order chi connectivity index (χ0) is 18.4. The molecule has 1 aromatic heterocycles. The minimum absolute atomic E-state index is 0.0288. The summed E-state index contributed by atoms with van der Waals surface area (Å²) in [6, 6.07) is 4.18. The summed E-state index contributed by atoms with van der Waals surface area (Å²) in [6.07, 6.45) is 2.16. The Morgan fingerprint density at radius 3 is 2.56 bits per heavy atom. The molecule has 0 spiro atoms. The first kappa shape index (κ1) is 17.6. The monoisotopic (exact) mass is 347 g/mol. The Morgan fingerprint density at radius 1 is 1.24 bits per heavy atom. The number of carboxylic acids is 1. The lowest BCUT2D eigenvalue weighted by Crippen LogP contribution is -2.17. The zero-order valence-electron chi connectivity index (χ0n) is 13.2. The molecule has 0 unspecified atom stereocenters. The van der Waals surface area contributed by atoms with Crippen LogP contribution in [0.15, 0.2) is 36.3 Å². The third-order valence-electron chi connectivity index (χ3n) is 2.99. The summed E-state index contributed by atoms with van der Waals surface area (Å²) in [5.74, 6) is -2.94. The van der Waals surface area contributed by atoms with Crippen LogP contribution in [0.3, 0.4) is 0 Å². The number of carbonyl (C=O) groups excluding carboxylic acids is 2. The van der Waals surface area contributed by atoms with Crippen molar-refractivity contribution in [1.82, 2.24) is 20.2 Å². The van der Waals surface area contributed by atoms with Crippen LogP contribution in [0.25, 0.3) is 5.69 Å². The average molecular weight is 347 g/mol. The lowest BCUT2D eigenvalue weighted by Gasteiger charge is -2.13. The zero-order valence-corrected chi connectivity index (χ0v) is 13.2. The SMILES string of the molecule is COC(=O)/C=C(/Nc1cc(-n2cnnn2)ccc1C(=O)O)C(=O)OC. The van der Waals surface area contributed by atoms with Gasteiger partial charge in [-0.25, -0.2) is 19.1 Å². The quantitative estimate of drug-likeness (QED) is 0.541. The molecule has 0 radical (unpaired) electrons. The molecule has 0 bridgehead atoms. The van der Waals surface area contributed by atoms with Gasteiger partial charge in [0.1, 0.15) is 12.0 Å². The van der Waals surface area contributed by atoms with Gasteiger partial charge in [0, 0.05) is 0 Å². The highest BCUT2D eigenvalue weighted by Gasteiger charge is 2.18. The average Bonchev–Trinajstić information content (AvgIpc) is 3.14. The number of aromatic nitrogens is 4. The molecule has 1 heterocycles. The Hall–Kier alpha value is -3.76. The second-order valence-corrected chi connectivity index (χ2v) is 4.49. The van der Waals surface area contributed by atoms with Crippen LogP contribution in [0.5, 0.6) is 0 Å². The number of carboxylic acid groups (broad SMARTS) is 1. The molecule has 2 aromatic rings. The first-order valence-corrected chi connectivity index (χ1v) is 6.72. The topological polar surface area (TPSA) is 146 Å². The third-order valence-corrected chi connectivity index (χ3v) is 2.99. The molecule has 25 heavy (non-hydrogen) atoms. The standard InChI is InChI=1S/C14H13N5O6/c1-24-12(20)6-11(14(23)25-2)16-10-5-8(19-7-15-17-18-19)3-4-9(10)13(21)22/h3-7,16H,1-2H3,(H,21,22)/b11-6+. The molecule has 1 aromatic carbocycles. The van der Waals surface area contributed by atoms with Gasteiger partial charge >= 0.3 is 17.9 Å². The van der Waals surface area contributed by atoms with Crippen molar-refractivity contribution in [1.29, 1.82) is 0 Å².